The molecule has 5 aromatic rings. The fourth-order valence-corrected chi connectivity index (χ4v) is 6.88. The molecular weight excluding hydrogens is 670 g/mol. The van der Waals surface area contributed by atoms with Gasteiger partial charge in [-0.25, -0.2) is 9.79 Å². The molecule has 6 rings (SSSR count). The minimum absolute atomic E-state index is 0.0472. The van der Waals surface area contributed by atoms with Crippen LogP contribution in [0.25, 0.3) is 23.1 Å². The number of halogens is 1. The summed E-state index contributed by atoms with van der Waals surface area (Å²) in [6, 6.07) is 24.4. The normalized spacial score (nSPS) is 14.7. The molecule has 0 saturated heterocycles. The van der Waals surface area contributed by atoms with Gasteiger partial charge in [0.15, 0.2) is 4.80 Å². The summed E-state index contributed by atoms with van der Waals surface area (Å²) in [7, 11) is 0. The monoisotopic (exact) mass is 697 g/mol. The number of thiazole rings is 1. The molecule has 3 aromatic carbocycles. The van der Waals surface area contributed by atoms with Crippen molar-refractivity contribution in [1.82, 2.24) is 4.57 Å². The molecule has 2 aromatic heterocycles. The number of furan rings is 1. The first-order valence-electron chi connectivity index (χ1n) is 14.6. The predicted octanol–water partition coefficient (Wildman–Crippen LogP) is 6.99. The Morgan fingerprint density at radius 3 is 2.50 bits per heavy atom. The molecule has 1 aliphatic heterocycles. The number of aromatic nitrogens is 1. The van der Waals surface area contributed by atoms with E-state index in [1.807, 2.05) is 54.6 Å². The highest BCUT2D eigenvalue weighted by atomic mass is 79.9. The number of ether oxygens (including phenoxy) is 1. The Labute approximate surface area is 276 Å². The van der Waals surface area contributed by atoms with Gasteiger partial charge in [0.1, 0.15) is 11.5 Å². The molecule has 0 amide bonds. The summed E-state index contributed by atoms with van der Waals surface area (Å²) >= 11 is 4.59. The van der Waals surface area contributed by atoms with E-state index in [9.17, 15) is 19.7 Å². The Balaban J connectivity index is 1.53. The van der Waals surface area contributed by atoms with Gasteiger partial charge in [-0.15, -0.1) is 0 Å². The van der Waals surface area contributed by atoms with Crippen molar-refractivity contribution in [2.45, 2.75) is 32.7 Å². The van der Waals surface area contributed by atoms with Crippen molar-refractivity contribution in [2.24, 2.45) is 4.99 Å². The standard InChI is InChI=1S/C35H28BrN3O6S/c1-4-44-34(41)30-31(22-8-6-5-7-9-22)37-35-38(32(30)23-12-10-21(11-13-23)20(2)3)33(40)29(46-35)19-25-15-17-28(45-25)26-16-14-24(39(42)43)18-27(26)36/h5-20,32H,4H2,1-3H3. The van der Waals surface area contributed by atoms with Crippen molar-refractivity contribution in [2.75, 3.05) is 6.61 Å². The fourth-order valence-electron chi connectivity index (χ4n) is 5.34. The van der Waals surface area contributed by atoms with Gasteiger partial charge >= 0.3 is 5.97 Å². The molecule has 3 heterocycles. The van der Waals surface area contributed by atoms with Crippen LogP contribution in [0.2, 0.25) is 0 Å². The molecule has 9 nitrogen and oxygen atoms in total. The third kappa shape index (κ3) is 5.91. The van der Waals surface area contributed by atoms with Crippen molar-refractivity contribution >= 4 is 50.7 Å². The average molecular weight is 699 g/mol. The molecule has 0 N–H and O–H groups in total. The van der Waals surface area contributed by atoms with Crippen LogP contribution in [0, 0.1) is 10.1 Å². The van der Waals surface area contributed by atoms with E-state index in [0.717, 1.165) is 16.7 Å². The summed E-state index contributed by atoms with van der Waals surface area (Å²) in [4.78, 5) is 43.8. The molecule has 0 spiro atoms. The molecule has 1 unspecified atom stereocenters. The topological polar surface area (TPSA) is 117 Å². The van der Waals surface area contributed by atoms with E-state index >= 15 is 0 Å². The zero-order valence-electron chi connectivity index (χ0n) is 25.1. The Morgan fingerprint density at radius 1 is 1.11 bits per heavy atom. The number of esters is 1. The van der Waals surface area contributed by atoms with Crippen molar-refractivity contribution in [3.63, 3.8) is 0 Å². The quantitative estimate of drug-likeness (QED) is 0.0980. The van der Waals surface area contributed by atoms with Gasteiger partial charge < -0.3 is 9.15 Å². The van der Waals surface area contributed by atoms with Gasteiger partial charge in [0.25, 0.3) is 11.2 Å². The van der Waals surface area contributed by atoms with Crippen LogP contribution in [-0.2, 0) is 9.53 Å². The number of nitro groups is 1. The number of fused-ring (bicyclic) bond motifs is 1. The van der Waals surface area contributed by atoms with Crippen molar-refractivity contribution < 1.29 is 18.9 Å². The van der Waals surface area contributed by atoms with Gasteiger partial charge in [0.05, 0.1) is 33.4 Å². The van der Waals surface area contributed by atoms with Crippen molar-refractivity contribution in [1.29, 1.82) is 0 Å². The summed E-state index contributed by atoms with van der Waals surface area (Å²) in [5.74, 6) is 0.651. The predicted molar refractivity (Wildman–Crippen MR) is 180 cm³/mol. The molecule has 0 radical (unpaired) electrons. The molecule has 1 atom stereocenters. The molecule has 232 valence electrons. The van der Waals surface area contributed by atoms with Crippen LogP contribution < -0.4 is 14.9 Å². The lowest BCUT2D eigenvalue weighted by molar-refractivity contribution is -0.384. The molecular formula is C35H28BrN3O6S. The smallest absolute Gasteiger partial charge is 0.338 e. The first-order chi connectivity index (χ1) is 22.2. The number of benzene rings is 3. The van der Waals surface area contributed by atoms with E-state index in [1.165, 1.54) is 23.5 Å². The van der Waals surface area contributed by atoms with Crippen molar-refractivity contribution in [3.05, 3.63) is 147 Å². The highest BCUT2D eigenvalue weighted by molar-refractivity contribution is 9.10. The summed E-state index contributed by atoms with van der Waals surface area (Å²) in [5, 5.41) is 11.2. The Bertz CT molecular complexity index is 2180. The lowest BCUT2D eigenvalue weighted by Gasteiger charge is -2.26. The Hall–Kier alpha value is -4.87. The van der Waals surface area contributed by atoms with Crippen LogP contribution in [0.1, 0.15) is 55.2 Å². The maximum absolute atomic E-state index is 14.2. The average Bonchev–Trinajstić information content (AvgIpc) is 3.64. The third-order valence-corrected chi connectivity index (χ3v) is 9.26. The largest absolute Gasteiger partial charge is 0.463 e. The minimum Gasteiger partial charge on any atom is -0.463 e. The van der Waals surface area contributed by atoms with E-state index in [-0.39, 0.29) is 23.4 Å². The van der Waals surface area contributed by atoms with Gasteiger partial charge in [-0.3, -0.25) is 19.5 Å². The van der Waals surface area contributed by atoms with E-state index < -0.39 is 16.9 Å². The zero-order chi connectivity index (χ0) is 32.5. The number of nitrogens with zero attached hydrogens (tertiary/aromatic N) is 3. The second-order valence-corrected chi connectivity index (χ2v) is 12.7. The summed E-state index contributed by atoms with van der Waals surface area (Å²) in [6.07, 6.45) is 1.64. The molecule has 46 heavy (non-hydrogen) atoms. The van der Waals surface area contributed by atoms with Crippen LogP contribution >= 0.6 is 27.3 Å². The van der Waals surface area contributed by atoms with Gasteiger partial charge in [0, 0.05) is 33.8 Å². The van der Waals surface area contributed by atoms with Crippen LogP contribution in [0.3, 0.4) is 0 Å². The fraction of sp³-hybridized carbons (Fsp3) is 0.171. The number of hydrogen-bond acceptors (Lipinski definition) is 8. The Kier molecular flexibility index (Phi) is 8.70. The number of carbonyl (C=O) groups is 1. The van der Waals surface area contributed by atoms with Crippen molar-refractivity contribution in [3.8, 4) is 11.3 Å². The number of nitro benzene ring substituents is 1. The van der Waals surface area contributed by atoms with Gasteiger partial charge in [-0.2, -0.15) is 0 Å². The second-order valence-electron chi connectivity index (χ2n) is 10.9. The van der Waals surface area contributed by atoms with Gasteiger partial charge in [0.2, 0.25) is 0 Å². The maximum atomic E-state index is 14.2. The van der Waals surface area contributed by atoms with Crippen LogP contribution in [-0.4, -0.2) is 22.1 Å². The number of rotatable bonds is 8. The molecule has 0 aliphatic carbocycles. The van der Waals surface area contributed by atoms with E-state index in [2.05, 4.69) is 29.8 Å². The highest BCUT2D eigenvalue weighted by Gasteiger charge is 2.35. The Morgan fingerprint density at radius 2 is 1.85 bits per heavy atom. The summed E-state index contributed by atoms with van der Waals surface area (Å²) < 4.78 is 14.0. The van der Waals surface area contributed by atoms with Crippen LogP contribution in [0.15, 0.2) is 109 Å². The van der Waals surface area contributed by atoms with Crippen LogP contribution in [0.4, 0.5) is 5.69 Å². The lowest BCUT2D eigenvalue weighted by Crippen LogP contribution is -2.40. The maximum Gasteiger partial charge on any atom is 0.338 e. The number of non-ortho nitro benzene ring substituents is 1. The first-order valence-corrected chi connectivity index (χ1v) is 16.2. The van der Waals surface area contributed by atoms with Gasteiger partial charge in [-0.1, -0.05) is 79.8 Å². The third-order valence-electron chi connectivity index (χ3n) is 7.62. The second kappa shape index (κ2) is 12.9. The highest BCUT2D eigenvalue weighted by Crippen LogP contribution is 2.36. The van der Waals surface area contributed by atoms with E-state index in [1.54, 1.807) is 35.8 Å². The van der Waals surface area contributed by atoms with E-state index in [4.69, 9.17) is 14.1 Å². The molecule has 11 heteroatoms. The van der Waals surface area contributed by atoms with Crippen LogP contribution in [0.5, 0.6) is 0 Å². The zero-order valence-corrected chi connectivity index (χ0v) is 27.5. The SMILES string of the molecule is CCOC(=O)C1=C(c2ccccc2)N=c2sc(=Cc3ccc(-c4ccc([N+](=O)[O-])cc4Br)o3)c(=O)n2C1c1ccc(C(C)C)cc1. The first kappa shape index (κ1) is 31.1. The number of carbonyl (C=O) groups excluding carboxylic acids is 1. The molecule has 1 aliphatic rings. The molecule has 0 bridgehead atoms. The molecule has 0 saturated carbocycles. The number of hydrogen-bond donors (Lipinski definition) is 0. The summed E-state index contributed by atoms with van der Waals surface area (Å²) in [5.41, 5.74) is 3.61. The van der Waals surface area contributed by atoms with Gasteiger partial charge in [-0.05, 0) is 58.1 Å². The molecule has 0 fully saturated rings. The summed E-state index contributed by atoms with van der Waals surface area (Å²) in [6.45, 7) is 6.13. The lowest BCUT2D eigenvalue weighted by atomic mass is 9.91. The van der Waals surface area contributed by atoms with E-state index in [0.29, 0.717) is 42.5 Å². The minimum atomic E-state index is -0.780.